The number of thioether (sulfide) groups is 1. The van der Waals surface area contributed by atoms with Gasteiger partial charge in [0.25, 0.3) is 0 Å². The maximum atomic E-state index is 11.7. The van der Waals surface area contributed by atoms with E-state index in [1.165, 1.54) is 0 Å². The molecule has 0 aliphatic carbocycles. The molecule has 16 heavy (non-hydrogen) atoms. The van der Waals surface area contributed by atoms with Gasteiger partial charge in [-0.1, -0.05) is 13.3 Å². The van der Waals surface area contributed by atoms with Crippen LogP contribution >= 0.6 is 11.8 Å². The second-order valence-electron chi connectivity index (χ2n) is 3.84. The van der Waals surface area contributed by atoms with Crippen LogP contribution in [-0.4, -0.2) is 43.7 Å². The van der Waals surface area contributed by atoms with E-state index >= 15 is 0 Å². The molecule has 0 aromatic heterocycles. The highest BCUT2D eigenvalue weighted by Gasteiger charge is 2.17. The predicted octanol–water partition coefficient (Wildman–Crippen LogP) is 0.998. The van der Waals surface area contributed by atoms with Crippen molar-refractivity contribution in [2.45, 2.75) is 38.3 Å². The number of carbonyl (C=O) groups excluding carboxylic acids is 1. The predicted molar refractivity (Wildman–Crippen MR) is 69.7 cm³/mol. The molecule has 0 heterocycles. The minimum atomic E-state index is -0.399. The number of amides is 1. The van der Waals surface area contributed by atoms with Gasteiger partial charge in [0.05, 0.1) is 18.7 Å². The molecular formula is C11H24N2O2S. The van der Waals surface area contributed by atoms with Crippen molar-refractivity contribution in [3.05, 3.63) is 0 Å². The Hall–Kier alpha value is -0.260. The number of ether oxygens (including phenoxy) is 1. The summed E-state index contributed by atoms with van der Waals surface area (Å²) in [4.78, 5) is 11.7. The van der Waals surface area contributed by atoms with E-state index in [1.807, 2.05) is 6.26 Å². The molecule has 0 aromatic rings. The van der Waals surface area contributed by atoms with Crippen LogP contribution in [0.4, 0.5) is 0 Å². The van der Waals surface area contributed by atoms with Crippen molar-refractivity contribution in [1.29, 1.82) is 0 Å². The third kappa shape index (κ3) is 7.09. The van der Waals surface area contributed by atoms with Crippen LogP contribution in [0.3, 0.4) is 0 Å². The van der Waals surface area contributed by atoms with Gasteiger partial charge in [-0.15, -0.1) is 0 Å². The van der Waals surface area contributed by atoms with Gasteiger partial charge < -0.3 is 15.8 Å². The molecule has 0 fully saturated rings. The van der Waals surface area contributed by atoms with Crippen LogP contribution in [0.1, 0.15) is 26.2 Å². The maximum Gasteiger partial charge on any atom is 0.237 e. The van der Waals surface area contributed by atoms with Crippen molar-refractivity contribution < 1.29 is 9.53 Å². The highest BCUT2D eigenvalue weighted by atomic mass is 32.2. The SMILES string of the molecule is CCCC(COC)NC(=O)[C@H](N)CCSC. The summed E-state index contributed by atoms with van der Waals surface area (Å²) in [6, 6.07) is -0.313. The van der Waals surface area contributed by atoms with Crippen molar-refractivity contribution in [2.75, 3.05) is 25.7 Å². The lowest BCUT2D eigenvalue weighted by Crippen LogP contribution is -2.47. The fraction of sp³-hybridized carbons (Fsp3) is 0.909. The van der Waals surface area contributed by atoms with E-state index in [9.17, 15) is 4.79 Å². The largest absolute Gasteiger partial charge is 0.383 e. The van der Waals surface area contributed by atoms with Crippen LogP contribution < -0.4 is 11.1 Å². The summed E-state index contributed by atoms with van der Waals surface area (Å²) in [5.74, 6) is 0.849. The highest BCUT2D eigenvalue weighted by Crippen LogP contribution is 2.01. The molecule has 5 heteroatoms. The van der Waals surface area contributed by atoms with Crippen LogP contribution in [0.5, 0.6) is 0 Å². The quantitative estimate of drug-likeness (QED) is 0.639. The first kappa shape index (κ1) is 15.7. The van der Waals surface area contributed by atoms with E-state index in [-0.39, 0.29) is 11.9 Å². The van der Waals surface area contributed by atoms with Crippen LogP contribution in [0.2, 0.25) is 0 Å². The zero-order valence-corrected chi connectivity index (χ0v) is 11.3. The van der Waals surface area contributed by atoms with E-state index in [0.717, 1.165) is 25.0 Å². The number of methoxy groups -OCH3 is 1. The van der Waals surface area contributed by atoms with Crippen molar-refractivity contribution >= 4 is 17.7 Å². The number of hydrogen-bond donors (Lipinski definition) is 2. The number of carbonyl (C=O) groups is 1. The summed E-state index contributed by atoms with van der Waals surface area (Å²) in [5.41, 5.74) is 5.78. The third-order valence-electron chi connectivity index (χ3n) is 2.32. The van der Waals surface area contributed by atoms with Crippen LogP contribution in [0.15, 0.2) is 0 Å². The molecule has 0 aliphatic rings. The maximum absolute atomic E-state index is 11.7. The fourth-order valence-electron chi connectivity index (χ4n) is 1.43. The smallest absolute Gasteiger partial charge is 0.237 e. The van der Waals surface area contributed by atoms with Crippen LogP contribution in [-0.2, 0) is 9.53 Å². The van der Waals surface area contributed by atoms with E-state index in [1.54, 1.807) is 18.9 Å². The van der Waals surface area contributed by atoms with Gasteiger partial charge >= 0.3 is 0 Å². The molecule has 0 aromatic carbocycles. The Bertz CT molecular complexity index is 185. The first-order chi connectivity index (χ1) is 7.65. The first-order valence-electron chi connectivity index (χ1n) is 5.69. The Labute approximate surface area is 103 Å². The van der Waals surface area contributed by atoms with Gasteiger partial charge in [0.15, 0.2) is 0 Å². The Morgan fingerprint density at radius 1 is 1.50 bits per heavy atom. The molecule has 0 saturated carbocycles. The lowest BCUT2D eigenvalue weighted by Gasteiger charge is -2.19. The minimum Gasteiger partial charge on any atom is -0.383 e. The minimum absolute atomic E-state index is 0.0652. The zero-order chi connectivity index (χ0) is 12.4. The van der Waals surface area contributed by atoms with Gasteiger partial charge in [0.2, 0.25) is 5.91 Å². The average Bonchev–Trinajstić information content (AvgIpc) is 2.26. The average molecular weight is 248 g/mol. The van der Waals surface area contributed by atoms with Gasteiger partial charge in [0.1, 0.15) is 0 Å². The second-order valence-corrected chi connectivity index (χ2v) is 4.82. The number of nitrogens with one attached hydrogen (secondary N) is 1. The van der Waals surface area contributed by atoms with Gasteiger partial charge in [0, 0.05) is 7.11 Å². The van der Waals surface area contributed by atoms with Gasteiger partial charge in [-0.3, -0.25) is 4.79 Å². The molecule has 0 aliphatic heterocycles. The second kappa shape index (κ2) is 9.93. The molecule has 1 unspecified atom stereocenters. The number of nitrogens with two attached hydrogens (primary N) is 1. The molecular weight excluding hydrogens is 224 g/mol. The van der Waals surface area contributed by atoms with Crippen molar-refractivity contribution in [2.24, 2.45) is 5.73 Å². The molecule has 96 valence electrons. The summed E-state index contributed by atoms with van der Waals surface area (Å²) in [6.45, 7) is 2.64. The monoisotopic (exact) mass is 248 g/mol. The summed E-state index contributed by atoms with van der Waals surface area (Å²) in [6.07, 6.45) is 4.68. The molecule has 4 nitrogen and oxygen atoms in total. The van der Waals surface area contributed by atoms with Gasteiger partial charge in [-0.25, -0.2) is 0 Å². The van der Waals surface area contributed by atoms with E-state index in [4.69, 9.17) is 10.5 Å². The molecule has 0 saturated heterocycles. The number of hydrogen-bond acceptors (Lipinski definition) is 4. The van der Waals surface area contributed by atoms with E-state index in [2.05, 4.69) is 12.2 Å². The first-order valence-corrected chi connectivity index (χ1v) is 7.08. The molecule has 3 N–H and O–H groups in total. The Balaban J connectivity index is 3.96. The molecule has 2 atom stereocenters. The molecule has 0 bridgehead atoms. The van der Waals surface area contributed by atoms with Crippen molar-refractivity contribution in [3.8, 4) is 0 Å². The summed E-state index contributed by atoms with van der Waals surface area (Å²) < 4.78 is 5.06. The standard InChI is InChI=1S/C11H24N2O2S/c1-4-5-9(8-15-2)13-11(14)10(12)6-7-16-3/h9-10H,4-8,12H2,1-3H3,(H,13,14)/t9?,10-/m1/s1. The highest BCUT2D eigenvalue weighted by molar-refractivity contribution is 7.98. The van der Waals surface area contributed by atoms with E-state index in [0.29, 0.717) is 6.61 Å². The van der Waals surface area contributed by atoms with Crippen LogP contribution in [0, 0.1) is 0 Å². The fourth-order valence-corrected chi connectivity index (χ4v) is 1.92. The summed E-state index contributed by atoms with van der Waals surface area (Å²) in [5, 5.41) is 2.93. The van der Waals surface area contributed by atoms with Gasteiger partial charge in [-0.05, 0) is 24.9 Å². The van der Waals surface area contributed by atoms with Crippen molar-refractivity contribution in [3.63, 3.8) is 0 Å². The Morgan fingerprint density at radius 3 is 2.69 bits per heavy atom. The molecule has 1 amide bonds. The molecule has 0 rings (SSSR count). The lowest BCUT2D eigenvalue weighted by molar-refractivity contribution is -0.123. The zero-order valence-electron chi connectivity index (χ0n) is 10.5. The Morgan fingerprint density at radius 2 is 2.19 bits per heavy atom. The number of rotatable bonds is 9. The summed E-state index contributed by atoms with van der Waals surface area (Å²) in [7, 11) is 1.64. The van der Waals surface area contributed by atoms with Crippen molar-refractivity contribution in [1.82, 2.24) is 5.32 Å². The summed E-state index contributed by atoms with van der Waals surface area (Å²) >= 11 is 1.70. The molecule has 0 spiro atoms. The topological polar surface area (TPSA) is 64.3 Å². The van der Waals surface area contributed by atoms with Gasteiger partial charge in [-0.2, -0.15) is 11.8 Å². The molecule has 0 radical (unpaired) electrons. The lowest BCUT2D eigenvalue weighted by atomic mass is 10.1. The van der Waals surface area contributed by atoms with E-state index < -0.39 is 6.04 Å². The normalized spacial score (nSPS) is 14.5. The van der Waals surface area contributed by atoms with Crippen LogP contribution in [0.25, 0.3) is 0 Å². The third-order valence-corrected chi connectivity index (χ3v) is 2.97. The Kier molecular flexibility index (Phi) is 9.77.